The minimum atomic E-state index is -1.08. The molecule has 2 aliphatic carbocycles. The van der Waals surface area contributed by atoms with E-state index in [1.807, 2.05) is 0 Å². The van der Waals surface area contributed by atoms with E-state index in [-0.39, 0.29) is 0 Å². The van der Waals surface area contributed by atoms with Crippen molar-refractivity contribution >= 4 is 8.07 Å². The highest BCUT2D eigenvalue weighted by atomic mass is 28.3. The average molecular weight is 222 g/mol. The van der Waals surface area contributed by atoms with Crippen LogP contribution in [0.2, 0.25) is 23.2 Å². The van der Waals surface area contributed by atoms with E-state index in [4.69, 9.17) is 0 Å². The van der Waals surface area contributed by atoms with Gasteiger partial charge in [0, 0.05) is 0 Å². The van der Waals surface area contributed by atoms with E-state index in [9.17, 15) is 0 Å². The van der Waals surface area contributed by atoms with Gasteiger partial charge in [0.2, 0.25) is 0 Å². The molecular weight excluding hydrogens is 196 g/mol. The number of rotatable bonds is 3. The molecule has 2 bridgehead atoms. The molecule has 0 aliphatic heterocycles. The standard InChI is InChI=1S/C14H26Si/c1-10(2)15(5,11(3)4)14-9-12-6-7-13(14)8-12/h6-7,10-14H,8-9H2,1-5H3. The SMILES string of the molecule is CC(C)[Si](C)(C(C)C)C1CC2C=CC1C2. The van der Waals surface area contributed by atoms with Gasteiger partial charge in [-0.2, -0.15) is 0 Å². The maximum absolute atomic E-state index is 2.67. The molecule has 0 heterocycles. The average Bonchev–Trinajstić information content (AvgIpc) is 2.76. The van der Waals surface area contributed by atoms with Crippen LogP contribution >= 0.6 is 0 Å². The predicted octanol–water partition coefficient (Wildman–Crippen LogP) is 4.85. The first-order valence-corrected chi connectivity index (χ1v) is 9.37. The lowest BCUT2D eigenvalue weighted by Crippen LogP contribution is -2.44. The fourth-order valence-corrected chi connectivity index (χ4v) is 9.05. The second-order valence-electron chi connectivity index (χ2n) is 6.56. The zero-order chi connectivity index (χ0) is 11.2. The normalized spacial score (nSPS) is 34.7. The highest BCUT2D eigenvalue weighted by Crippen LogP contribution is 2.57. The van der Waals surface area contributed by atoms with Crippen molar-refractivity contribution in [2.45, 2.75) is 63.7 Å². The van der Waals surface area contributed by atoms with Crippen molar-refractivity contribution in [3.05, 3.63) is 12.2 Å². The van der Waals surface area contributed by atoms with Gasteiger partial charge in [-0.15, -0.1) is 0 Å². The van der Waals surface area contributed by atoms with Crippen molar-refractivity contribution in [1.29, 1.82) is 0 Å². The van der Waals surface area contributed by atoms with E-state index in [1.165, 1.54) is 12.8 Å². The Hall–Kier alpha value is -0.0431. The second-order valence-corrected chi connectivity index (χ2v) is 12.3. The van der Waals surface area contributed by atoms with Gasteiger partial charge in [-0.1, -0.05) is 57.5 Å². The zero-order valence-corrected chi connectivity index (χ0v) is 12.0. The number of fused-ring (bicyclic) bond motifs is 2. The zero-order valence-electron chi connectivity index (χ0n) is 11.0. The molecule has 3 unspecified atom stereocenters. The van der Waals surface area contributed by atoms with Crippen LogP contribution < -0.4 is 0 Å². The molecule has 0 aromatic rings. The lowest BCUT2D eigenvalue weighted by Gasteiger charge is -2.44. The monoisotopic (exact) mass is 222 g/mol. The summed E-state index contributed by atoms with van der Waals surface area (Å²) in [7, 11) is -1.08. The molecule has 15 heavy (non-hydrogen) atoms. The molecule has 0 N–H and O–H groups in total. The molecule has 0 spiro atoms. The van der Waals surface area contributed by atoms with Gasteiger partial charge in [0.1, 0.15) is 0 Å². The first kappa shape index (κ1) is 11.4. The first-order valence-electron chi connectivity index (χ1n) is 6.64. The van der Waals surface area contributed by atoms with E-state index < -0.39 is 8.07 Å². The lowest BCUT2D eigenvalue weighted by molar-refractivity contribution is 0.639. The molecule has 0 nitrogen and oxygen atoms in total. The summed E-state index contributed by atoms with van der Waals surface area (Å²) < 4.78 is 0. The van der Waals surface area contributed by atoms with Crippen LogP contribution in [0.25, 0.3) is 0 Å². The Labute approximate surface area is 96.2 Å². The Kier molecular flexibility index (Phi) is 2.87. The van der Waals surface area contributed by atoms with E-state index in [2.05, 4.69) is 46.4 Å². The molecule has 0 aromatic carbocycles. The molecule has 1 saturated carbocycles. The molecule has 0 saturated heterocycles. The smallest absolute Gasteiger partial charge is 0.0593 e. The van der Waals surface area contributed by atoms with Crippen LogP contribution in [-0.2, 0) is 0 Å². The maximum Gasteiger partial charge on any atom is 0.0593 e. The molecule has 86 valence electrons. The Balaban J connectivity index is 2.23. The molecule has 2 rings (SSSR count). The fraction of sp³-hybridized carbons (Fsp3) is 0.857. The van der Waals surface area contributed by atoms with Gasteiger partial charge in [0.25, 0.3) is 0 Å². The van der Waals surface area contributed by atoms with E-state index in [0.29, 0.717) is 0 Å². The predicted molar refractivity (Wildman–Crippen MR) is 70.9 cm³/mol. The summed E-state index contributed by atoms with van der Waals surface area (Å²) in [5, 5.41) is 0. The van der Waals surface area contributed by atoms with Crippen molar-refractivity contribution < 1.29 is 0 Å². The van der Waals surface area contributed by atoms with Gasteiger partial charge in [-0.25, -0.2) is 0 Å². The van der Waals surface area contributed by atoms with Crippen molar-refractivity contribution in [3.8, 4) is 0 Å². The van der Waals surface area contributed by atoms with E-state index >= 15 is 0 Å². The largest absolute Gasteiger partial charge is 0.0851 e. The summed E-state index contributed by atoms with van der Waals surface area (Å²) in [5.41, 5.74) is 2.96. The Bertz CT molecular complexity index is 257. The van der Waals surface area contributed by atoms with Gasteiger partial charge in [-0.3, -0.25) is 0 Å². The van der Waals surface area contributed by atoms with Gasteiger partial charge in [0.15, 0.2) is 0 Å². The molecule has 1 heteroatoms. The van der Waals surface area contributed by atoms with Gasteiger partial charge >= 0.3 is 0 Å². The summed E-state index contributed by atoms with van der Waals surface area (Å²) in [4.78, 5) is 0. The minimum Gasteiger partial charge on any atom is -0.0851 e. The number of allylic oxidation sites excluding steroid dienone is 2. The molecule has 0 aromatic heterocycles. The second kappa shape index (κ2) is 3.76. The summed E-state index contributed by atoms with van der Waals surface area (Å²) in [5.74, 6) is 1.90. The molecule has 0 radical (unpaired) electrons. The van der Waals surface area contributed by atoms with Crippen molar-refractivity contribution in [3.63, 3.8) is 0 Å². The van der Waals surface area contributed by atoms with Crippen LogP contribution in [0.15, 0.2) is 12.2 Å². The van der Waals surface area contributed by atoms with Gasteiger partial charge < -0.3 is 0 Å². The minimum absolute atomic E-state index is 0.940. The Morgan fingerprint density at radius 1 is 1.00 bits per heavy atom. The third-order valence-corrected chi connectivity index (χ3v) is 12.8. The molecule has 1 fully saturated rings. The quantitative estimate of drug-likeness (QED) is 0.473. The van der Waals surface area contributed by atoms with Crippen LogP contribution in [-0.4, -0.2) is 8.07 Å². The van der Waals surface area contributed by atoms with E-state index in [0.717, 1.165) is 28.5 Å². The van der Waals surface area contributed by atoms with Gasteiger partial charge in [-0.05, 0) is 30.2 Å². The fourth-order valence-electron chi connectivity index (χ4n) is 4.02. The summed E-state index contributed by atoms with van der Waals surface area (Å²) in [6.45, 7) is 12.6. The molecule has 0 amide bonds. The van der Waals surface area contributed by atoms with Crippen molar-refractivity contribution in [2.24, 2.45) is 11.8 Å². The van der Waals surface area contributed by atoms with Gasteiger partial charge in [0.05, 0.1) is 8.07 Å². The Morgan fingerprint density at radius 2 is 1.60 bits per heavy atom. The van der Waals surface area contributed by atoms with Crippen LogP contribution in [0, 0.1) is 11.8 Å². The maximum atomic E-state index is 2.67. The van der Waals surface area contributed by atoms with Crippen molar-refractivity contribution in [2.75, 3.05) is 0 Å². The molecule has 3 atom stereocenters. The topological polar surface area (TPSA) is 0 Å². The Morgan fingerprint density at radius 3 is 1.93 bits per heavy atom. The van der Waals surface area contributed by atoms with Crippen LogP contribution in [0.5, 0.6) is 0 Å². The first-order chi connectivity index (χ1) is 6.96. The van der Waals surface area contributed by atoms with Crippen LogP contribution in [0.1, 0.15) is 40.5 Å². The van der Waals surface area contributed by atoms with Crippen LogP contribution in [0.3, 0.4) is 0 Å². The molecular formula is C14H26Si. The third-order valence-electron chi connectivity index (χ3n) is 5.57. The third kappa shape index (κ3) is 1.63. The number of hydrogen-bond acceptors (Lipinski definition) is 0. The van der Waals surface area contributed by atoms with Crippen molar-refractivity contribution in [1.82, 2.24) is 0 Å². The summed E-state index contributed by atoms with van der Waals surface area (Å²) in [6.07, 6.45) is 8.01. The lowest BCUT2D eigenvalue weighted by atomic mass is 10.1. The summed E-state index contributed by atoms with van der Waals surface area (Å²) >= 11 is 0. The molecule has 2 aliphatic rings. The highest BCUT2D eigenvalue weighted by Gasteiger charge is 2.50. The highest BCUT2D eigenvalue weighted by molar-refractivity contribution is 6.82. The number of hydrogen-bond donors (Lipinski definition) is 0. The van der Waals surface area contributed by atoms with Crippen LogP contribution in [0.4, 0.5) is 0 Å². The van der Waals surface area contributed by atoms with E-state index in [1.54, 1.807) is 0 Å². The summed E-state index contributed by atoms with van der Waals surface area (Å²) in [6, 6.07) is 0.